The molecule has 2 heteroatoms. The molecule has 0 atom stereocenters. The summed E-state index contributed by atoms with van der Waals surface area (Å²) in [5, 5.41) is 0. The Balaban J connectivity index is 0.000000176. The van der Waals surface area contributed by atoms with Crippen molar-refractivity contribution >= 4 is 22.2 Å². The molecule has 4 aromatic carbocycles. The average Bonchev–Trinajstić information content (AvgIpc) is 2.82. The fraction of sp³-hybridized carbons (Fsp3) is 0.138. The van der Waals surface area contributed by atoms with Crippen LogP contribution in [0.4, 0.5) is 0 Å². The lowest BCUT2D eigenvalue weighted by atomic mass is 10.0. The predicted molar refractivity (Wildman–Crippen MR) is 134 cm³/mol. The van der Waals surface area contributed by atoms with Crippen LogP contribution in [-0.2, 0) is 19.3 Å². The van der Waals surface area contributed by atoms with Crippen molar-refractivity contribution in [3.63, 3.8) is 0 Å². The van der Waals surface area contributed by atoms with Gasteiger partial charge in [-0.05, 0) is 66.1 Å². The van der Waals surface area contributed by atoms with Crippen LogP contribution in [0, 0.1) is 0 Å². The van der Waals surface area contributed by atoms with Gasteiger partial charge in [-0.15, -0.1) is 0 Å². The van der Waals surface area contributed by atoms with Crippen LogP contribution in [0.1, 0.15) is 39.0 Å². The number of halogens is 1. The minimum atomic E-state index is 0.739. The molecule has 4 aromatic rings. The molecule has 0 N–H and O–H groups in total. The van der Waals surface area contributed by atoms with E-state index in [1.54, 1.807) is 0 Å². The third-order valence-corrected chi connectivity index (χ3v) is 5.55. The third kappa shape index (κ3) is 8.35. The zero-order valence-electron chi connectivity index (χ0n) is 17.6. The van der Waals surface area contributed by atoms with Crippen molar-refractivity contribution in [1.82, 2.24) is 0 Å². The fourth-order valence-corrected chi connectivity index (χ4v) is 3.66. The molecule has 4 rings (SSSR count). The average molecular weight is 471 g/mol. The van der Waals surface area contributed by atoms with Crippen molar-refractivity contribution in [1.29, 1.82) is 0 Å². The summed E-state index contributed by atoms with van der Waals surface area (Å²) in [5.41, 5.74) is 6.02. The first-order chi connectivity index (χ1) is 15.2. The van der Waals surface area contributed by atoms with Crippen LogP contribution in [0.25, 0.3) is 0 Å². The van der Waals surface area contributed by atoms with Gasteiger partial charge in [-0.2, -0.15) is 0 Å². The van der Waals surface area contributed by atoms with Gasteiger partial charge in [-0.1, -0.05) is 107 Å². The maximum absolute atomic E-state index is 10.6. The normalized spacial score (nSPS) is 10.1. The Labute approximate surface area is 193 Å². The molecule has 0 aliphatic heterocycles. The van der Waals surface area contributed by atoms with E-state index in [4.69, 9.17) is 0 Å². The summed E-state index contributed by atoms with van der Waals surface area (Å²) in [7, 11) is 0. The highest BCUT2D eigenvalue weighted by Crippen LogP contribution is 2.13. The number of aldehydes is 1. The standard InChI is InChI=1S/C15H15Br.C14H12O/c16-15-11-9-14(10-12-15)8-4-7-13-5-2-1-3-6-13;15-11-14-8-4-7-13(10-14)9-12-5-2-1-3-6-12/h1-3,5-6,9-12H,4,7-8H2;1-8,10-11H,9H2. The van der Waals surface area contributed by atoms with Gasteiger partial charge in [0.1, 0.15) is 6.29 Å². The van der Waals surface area contributed by atoms with Crippen molar-refractivity contribution in [2.75, 3.05) is 0 Å². The summed E-state index contributed by atoms with van der Waals surface area (Å²) in [5.74, 6) is 0. The van der Waals surface area contributed by atoms with E-state index in [0.29, 0.717) is 0 Å². The van der Waals surface area contributed by atoms with E-state index < -0.39 is 0 Å². The van der Waals surface area contributed by atoms with Gasteiger partial charge in [-0.25, -0.2) is 0 Å². The van der Waals surface area contributed by atoms with E-state index in [0.717, 1.165) is 35.6 Å². The first-order valence-electron chi connectivity index (χ1n) is 10.6. The first kappa shape index (κ1) is 22.7. The monoisotopic (exact) mass is 470 g/mol. The van der Waals surface area contributed by atoms with Gasteiger partial charge in [-0.3, -0.25) is 4.79 Å². The van der Waals surface area contributed by atoms with Crippen molar-refractivity contribution in [3.8, 4) is 0 Å². The quantitative estimate of drug-likeness (QED) is 0.252. The van der Waals surface area contributed by atoms with E-state index in [1.165, 1.54) is 28.7 Å². The van der Waals surface area contributed by atoms with Crippen molar-refractivity contribution in [2.24, 2.45) is 0 Å². The van der Waals surface area contributed by atoms with Crippen LogP contribution in [-0.4, -0.2) is 6.29 Å². The van der Waals surface area contributed by atoms with Gasteiger partial charge in [0, 0.05) is 10.0 Å². The molecule has 0 amide bonds. The number of carbonyl (C=O) groups excluding carboxylic acids is 1. The van der Waals surface area contributed by atoms with E-state index in [9.17, 15) is 4.79 Å². The molecule has 0 aliphatic carbocycles. The highest BCUT2D eigenvalue weighted by atomic mass is 79.9. The maximum Gasteiger partial charge on any atom is 0.150 e. The number of rotatable bonds is 7. The van der Waals surface area contributed by atoms with Gasteiger partial charge < -0.3 is 0 Å². The van der Waals surface area contributed by atoms with Crippen LogP contribution >= 0.6 is 15.9 Å². The lowest BCUT2D eigenvalue weighted by molar-refractivity contribution is 0.112. The molecule has 0 spiro atoms. The molecular formula is C29H27BrO. The predicted octanol–water partition coefficient (Wildman–Crippen LogP) is 7.71. The number of carbonyl (C=O) groups is 1. The molecule has 31 heavy (non-hydrogen) atoms. The van der Waals surface area contributed by atoms with Crippen LogP contribution in [0.5, 0.6) is 0 Å². The summed E-state index contributed by atoms with van der Waals surface area (Å²) >= 11 is 3.45. The SMILES string of the molecule is Brc1ccc(CCCc2ccccc2)cc1.O=Cc1cccc(Cc2ccccc2)c1. The van der Waals surface area contributed by atoms with Gasteiger partial charge in [0.25, 0.3) is 0 Å². The lowest BCUT2D eigenvalue weighted by Crippen LogP contribution is -1.89. The number of aryl methyl sites for hydroxylation is 2. The molecule has 0 aliphatic rings. The van der Waals surface area contributed by atoms with E-state index >= 15 is 0 Å². The molecule has 0 saturated heterocycles. The second kappa shape index (κ2) is 12.7. The second-order valence-corrected chi connectivity index (χ2v) is 8.41. The summed E-state index contributed by atoms with van der Waals surface area (Å²) < 4.78 is 1.15. The Hall–Kier alpha value is -2.97. The largest absolute Gasteiger partial charge is 0.298 e. The fourth-order valence-electron chi connectivity index (χ4n) is 3.40. The Kier molecular flexibility index (Phi) is 9.28. The lowest BCUT2D eigenvalue weighted by Gasteiger charge is -2.02. The van der Waals surface area contributed by atoms with Crippen LogP contribution in [0.15, 0.2) is 114 Å². The minimum Gasteiger partial charge on any atom is -0.298 e. The molecular weight excluding hydrogens is 444 g/mol. The van der Waals surface area contributed by atoms with Crippen molar-refractivity contribution in [3.05, 3.63) is 141 Å². The van der Waals surface area contributed by atoms with E-state index in [1.807, 2.05) is 42.5 Å². The molecule has 0 fully saturated rings. The molecule has 0 aromatic heterocycles. The molecule has 0 heterocycles. The Bertz CT molecular complexity index is 1040. The number of hydrogen-bond acceptors (Lipinski definition) is 1. The van der Waals surface area contributed by atoms with Gasteiger partial charge >= 0.3 is 0 Å². The minimum absolute atomic E-state index is 0.739. The van der Waals surface area contributed by atoms with Crippen molar-refractivity contribution < 1.29 is 4.79 Å². The molecule has 156 valence electrons. The van der Waals surface area contributed by atoms with Crippen molar-refractivity contribution in [2.45, 2.75) is 25.7 Å². The summed E-state index contributed by atoms with van der Waals surface area (Å²) in [6.07, 6.45) is 5.29. The second-order valence-electron chi connectivity index (χ2n) is 7.49. The number of benzene rings is 4. The van der Waals surface area contributed by atoms with E-state index in [-0.39, 0.29) is 0 Å². The smallest absolute Gasteiger partial charge is 0.150 e. The molecule has 1 nitrogen and oxygen atoms in total. The van der Waals surface area contributed by atoms with E-state index in [2.05, 4.69) is 82.7 Å². The Morgan fingerprint density at radius 1 is 0.581 bits per heavy atom. The molecule has 0 unspecified atom stereocenters. The van der Waals surface area contributed by atoms with Crippen LogP contribution in [0.2, 0.25) is 0 Å². The van der Waals surface area contributed by atoms with Gasteiger partial charge in [0.05, 0.1) is 0 Å². The summed E-state index contributed by atoms with van der Waals surface area (Å²) in [4.78, 5) is 10.6. The molecule has 0 radical (unpaired) electrons. The Morgan fingerprint density at radius 2 is 1.13 bits per heavy atom. The summed E-state index contributed by atoms with van der Waals surface area (Å²) in [6.45, 7) is 0. The zero-order valence-corrected chi connectivity index (χ0v) is 19.2. The molecule has 0 bridgehead atoms. The van der Waals surface area contributed by atoms with Crippen LogP contribution < -0.4 is 0 Å². The highest BCUT2D eigenvalue weighted by Gasteiger charge is 1.97. The molecule has 0 saturated carbocycles. The highest BCUT2D eigenvalue weighted by molar-refractivity contribution is 9.10. The zero-order chi connectivity index (χ0) is 21.7. The Morgan fingerprint density at radius 3 is 1.74 bits per heavy atom. The third-order valence-electron chi connectivity index (χ3n) is 5.03. The maximum atomic E-state index is 10.6. The summed E-state index contributed by atoms with van der Waals surface area (Å²) in [6, 6.07) is 37.2. The number of hydrogen-bond donors (Lipinski definition) is 0. The topological polar surface area (TPSA) is 17.1 Å². The van der Waals surface area contributed by atoms with Gasteiger partial charge in [0.15, 0.2) is 0 Å². The van der Waals surface area contributed by atoms with Gasteiger partial charge in [0.2, 0.25) is 0 Å². The van der Waals surface area contributed by atoms with Crippen LogP contribution in [0.3, 0.4) is 0 Å². The first-order valence-corrected chi connectivity index (χ1v) is 11.4.